The molecule has 0 aliphatic rings. The standard InChI is InChI=1S/C73H138O17P2/c1-7-9-11-13-15-17-18-19-20-21-28-33-39-45-51-57-72(77)90-69(62-84-71(76)56-50-44-38-32-27-23-22-25-30-35-41-47-53-65(3)4)64-88-92(81,82)86-60-67(74)59-85-91(79,80)87-63-68(61-83-70(75)55-49-43-37-16-14-12-10-8-2)89-73(78)58-52-46-40-34-29-24-26-31-36-42-48-54-66(5)6/h17-20,65-69,74H,7-16,21-64H2,1-6H3,(H,79,80)(H,81,82)/b18-17-,20-19-/t67-,68+,69+/m0/s1. The van der Waals surface area contributed by atoms with E-state index in [9.17, 15) is 43.2 Å². The van der Waals surface area contributed by atoms with E-state index >= 15 is 0 Å². The molecular formula is C73H138O17P2. The number of phosphoric ester groups is 2. The van der Waals surface area contributed by atoms with Gasteiger partial charge in [-0.25, -0.2) is 9.13 Å². The van der Waals surface area contributed by atoms with E-state index in [0.717, 1.165) is 121 Å². The first-order valence-corrected chi connectivity index (χ1v) is 40.3. The normalized spacial score (nSPS) is 14.2. The third-order valence-corrected chi connectivity index (χ3v) is 18.2. The number of phosphoric acid groups is 2. The highest BCUT2D eigenvalue weighted by atomic mass is 31.2. The minimum Gasteiger partial charge on any atom is -0.462 e. The first kappa shape index (κ1) is 89.5. The van der Waals surface area contributed by atoms with Crippen molar-refractivity contribution in [1.29, 1.82) is 0 Å². The van der Waals surface area contributed by atoms with Crippen LogP contribution in [0.5, 0.6) is 0 Å². The van der Waals surface area contributed by atoms with E-state index in [1.807, 2.05) is 0 Å². The number of carbonyl (C=O) groups excluding carboxylic acids is 4. The Kier molecular flexibility index (Phi) is 62.8. The Hall–Kier alpha value is -2.46. The van der Waals surface area contributed by atoms with Gasteiger partial charge in [0.05, 0.1) is 26.4 Å². The lowest BCUT2D eigenvalue weighted by molar-refractivity contribution is -0.161. The van der Waals surface area contributed by atoms with Crippen LogP contribution in [0, 0.1) is 11.8 Å². The predicted molar refractivity (Wildman–Crippen MR) is 372 cm³/mol. The lowest BCUT2D eigenvalue weighted by Gasteiger charge is -2.21. The molecule has 2 unspecified atom stereocenters. The smallest absolute Gasteiger partial charge is 0.462 e. The summed E-state index contributed by atoms with van der Waals surface area (Å²) in [6.07, 6.45) is 53.5. The third-order valence-electron chi connectivity index (χ3n) is 16.3. The Morgan fingerprint density at radius 2 is 0.587 bits per heavy atom. The molecule has 0 radical (unpaired) electrons. The summed E-state index contributed by atoms with van der Waals surface area (Å²) < 4.78 is 68.3. The van der Waals surface area contributed by atoms with Crippen molar-refractivity contribution in [1.82, 2.24) is 0 Å². The van der Waals surface area contributed by atoms with E-state index < -0.39 is 97.5 Å². The highest BCUT2D eigenvalue weighted by molar-refractivity contribution is 7.47. The highest BCUT2D eigenvalue weighted by Gasteiger charge is 2.30. The quantitative estimate of drug-likeness (QED) is 0.0169. The summed E-state index contributed by atoms with van der Waals surface area (Å²) in [6, 6.07) is 0. The molecule has 0 amide bonds. The Bertz CT molecular complexity index is 1880. The van der Waals surface area contributed by atoms with Crippen molar-refractivity contribution >= 4 is 39.5 Å². The van der Waals surface area contributed by atoms with Crippen LogP contribution in [0.3, 0.4) is 0 Å². The minimum atomic E-state index is -4.96. The maximum absolute atomic E-state index is 13.0. The molecule has 0 bridgehead atoms. The van der Waals surface area contributed by atoms with Crippen LogP contribution < -0.4 is 0 Å². The van der Waals surface area contributed by atoms with Crippen LogP contribution in [0.4, 0.5) is 0 Å². The Balaban J connectivity index is 5.26. The average Bonchev–Trinajstić information content (AvgIpc) is 1.46. The SMILES string of the molecule is CCCCCC/C=C\C=C/CCCCCCCC(=O)O[C@H](COC(=O)CCCCCCCCCCCCCCC(C)C)COP(=O)(O)OC[C@@H](O)COP(=O)(O)OC[C@@H](COC(=O)CCCCCCCCCC)OC(=O)CCCCCCCCCCCCCC(C)C. The van der Waals surface area contributed by atoms with Crippen molar-refractivity contribution in [2.75, 3.05) is 39.6 Å². The zero-order valence-electron chi connectivity index (χ0n) is 59.3. The van der Waals surface area contributed by atoms with Crippen molar-refractivity contribution in [3.8, 4) is 0 Å². The van der Waals surface area contributed by atoms with Gasteiger partial charge in [0.15, 0.2) is 12.2 Å². The van der Waals surface area contributed by atoms with Gasteiger partial charge < -0.3 is 33.8 Å². The van der Waals surface area contributed by atoms with Gasteiger partial charge in [-0.3, -0.25) is 37.3 Å². The van der Waals surface area contributed by atoms with Crippen LogP contribution in [-0.4, -0.2) is 96.7 Å². The van der Waals surface area contributed by atoms with Crippen LogP contribution in [-0.2, 0) is 65.4 Å². The van der Waals surface area contributed by atoms with Crippen molar-refractivity contribution in [2.24, 2.45) is 11.8 Å². The molecule has 0 aliphatic carbocycles. The molecule has 0 spiro atoms. The third kappa shape index (κ3) is 66.2. The average molecular weight is 1350 g/mol. The molecule has 0 aliphatic heterocycles. The maximum atomic E-state index is 13.0. The molecule has 19 heteroatoms. The maximum Gasteiger partial charge on any atom is 0.472 e. The molecular weight excluding hydrogens is 1210 g/mol. The van der Waals surface area contributed by atoms with Crippen LogP contribution in [0.1, 0.15) is 350 Å². The van der Waals surface area contributed by atoms with Crippen molar-refractivity contribution < 1.29 is 80.2 Å². The van der Waals surface area contributed by atoms with E-state index in [2.05, 4.69) is 65.8 Å². The lowest BCUT2D eigenvalue weighted by Crippen LogP contribution is -2.30. The Morgan fingerprint density at radius 3 is 0.891 bits per heavy atom. The number of hydrogen-bond donors (Lipinski definition) is 3. The van der Waals surface area contributed by atoms with Gasteiger partial charge in [-0.05, 0) is 63.2 Å². The summed E-state index contributed by atoms with van der Waals surface area (Å²) in [7, 11) is -9.92. The van der Waals surface area contributed by atoms with Crippen molar-refractivity contribution in [2.45, 2.75) is 368 Å². The summed E-state index contributed by atoms with van der Waals surface area (Å²) in [5, 5.41) is 10.6. The highest BCUT2D eigenvalue weighted by Crippen LogP contribution is 2.45. The zero-order chi connectivity index (χ0) is 67.9. The molecule has 0 aromatic carbocycles. The van der Waals surface area contributed by atoms with Gasteiger partial charge in [0.1, 0.15) is 19.3 Å². The second-order valence-electron chi connectivity index (χ2n) is 26.6. The van der Waals surface area contributed by atoms with Crippen molar-refractivity contribution in [3.05, 3.63) is 24.3 Å². The summed E-state index contributed by atoms with van der Waals surface area (Å²) in [5.74, 6) is -0.609. The first-order valence-electron chi connectivity index (χ1n) is 37.3. The molecule has 0 heterocycles. The number of ether oxygens (including phenoxy) is 4. The van der Waals surface area contributed by atoms with Gasteiger partial charge in [0, 0.05) is 25.7 Å². The van der Waals surface area contributed by atoms with E-state index in [1.54, 1.807) is 0 Å². The van der Waals surface area contributed by atoms with E-state index in [1.165, 1.54) is 148 Å². The molecule has 92 heavy (non-hydrogen) atoms. The number of unbranched alkanes of at least 4 members (excludes halogenated alkanes) is 37. The molecule has 3 N–H and O–H groups in total. The molecule has 542 valence electrons. The van der Waals surface area contributed by atoms with Crippen LogP contribution >= 0.6 is 15.6 Å². The van der Waals surface area contributed by atoms with Gasteiger partial charge in [0.25, 0.3) is 0 Å². The van der Waals surface area contributed by atoms with Gasteiger partial charge in [-0.2, -0.15) is 0 Å². The number of rotatable bonds is 70. The van der Waals surface area contributed by atoms with E-state index in [0.29, 0.717) is 25.7 Å². The fourth-order valence-electron chi connectivity index (χ4n) is 10.6. The lowest BCUT2D eigenvalue weighted by atomic mass is 10.0. The predicted octanol–water partition coefficient (Wildman–Crippen LogP) is 20.7. The summed E-state index contributed by atoms with van der Waals surface area (Å²) >= 11 is 0. The number of aliphatic hydroxyl groups is 1. The summed E-state index contributed by atoms with van der Waals surface area (Å²) in [4.78, 5) is 72.6. The molecule has 0 rings (SSSR count). The van der Waals surface area contributed by atoms with E-state index in [-0.39, 0.29) is 25.7 Å². The van der Waals surface area contributed by atoms with Gasteiger partial charge in [-0.15, -0.1) is 0 Å². The minimum absolute atomic E-state index is 0.0850. The van der Waals surface area contributed by atoms with Crippen molar-refractivity contribution in [3.63, 3.8) is 0 Å². The number of carbonyl (C=O) groups is 4. The number of esters is 4. The van der Waals surface area contributed by atoms with Gasteiger partial charge >= 0.3 is 39.5 Å². The number of allylic oxidation sites excluding steroid dienone is 4. The fraction of sp³-hybridized carbons (Fsp3) is 0.890. The second-order valence-corrected chi connectivity index (χ2v) is 29.5. The number of aliphatic hydroxyl groups excluding tert-OH is 1. The topological polar surface area (TPSA) is 237 Å². The van der Waals surface area contributed by atoms with Gasteiger partial charge in [-0.1, -0.05) is 297 Å². The molecule has 5 atom stereocenters. The van der Waals surface area contributed by atoms with Crippen LogP contribution in [0.25, 0.3) is 0 Å². The van der Waals surface area contributed by atoms with Gasteiger partial charge in [0.2, 0.25) is 0 Å². The molecule has 0 aromatic rings. The summed E-state index contributed by atoms with van der Waals surface area (Å²) in [5.41, 5.74) is 0. The Morgan fingerprint density at radius 1 is 0.337 bits per heavy atom. The summed E-state index contributed by atoms with van der Waals surface area (Å²) in [6.45, 7) is 9.49. The molecule has 0 saturated carbocycles. The first-order chi connectivity index (χ1) is 44.4. The molecule has 0 fully saturated rings. The zero-order valence-corrected chi connectivity index (χ0v) is 61.1. The Labute approximate surface area is 561 Å². The fourth-order valence-corrected chi connectivity index (χ4v) is 12.2. The van der Waals surface area contributed by atoms with Crippen LogP contribution in [0.2, 0.25) is 0 Å². The van der Waals surface area contributed by atoms with E-state index in [4.69, 9.17) is 37.0 Å². The molecule has 0 aromatic heterocycles. The van der Waals surface area contributed by atoms with Crippen LogP contribution in [0.15, 0.2) is 24.3 Å². The largest absolute Gasteiger partial charge is 0.472 e. The second kappa shape index (κ2) is 64.5. The molecule has 0 saturated heterocycles. The number of hydrogen-bond acceptors (Lipinski definition) is 15. The monoisotopic (exact) mass is 1350 g/mol. The molecule has 17 nitrogen and oxygen atoms in total.